The zero-order valence-electron chi connectivity index (χ0n) is 12.4. The van der Waals surface area contributed by atoms with Crippen molar-refractivity contribution in [2.45, 2.75) is 10.7 Å². The van der Waals surface area contributed by atoms with Gasteiger partial charge >= 0.3 is 5.76 Å². The maximum atomic E-state index is 12.9. The lowest BCUT2D eigenvalue weighted by Gasteiger charge is -2.09. The van der Waals surface area contributed by atoms with Gasteiger partial charge in [-0.25, -0.2) is 12.8 Å². The molecule has 0 aromatic heterocycles. The summed E-state index contributed by atoms with van der Waals surface area (Å²) in [4.78, 5) is 11.2. The highest BCUT2D eigenvalue weighted by molar-refractivity contribution is 7.91. The number of benzene rings is 2. The first-order valence-electron chi connectivity index (χ1n) is 6.70. The second-order valence-corrected chi connectivity index (χ2v) is 7.07. The fourth-order valence-electron chi connectivity index (χ4n) is 1.76. The van der Waals surface area contributed by atoms with Crippen molar-refractivity contribution in [3.05, 3.63) is 53.3 Å². The van der Waals surface area contributed by atoms with Gasteiger partial charge in [-0.15, -0.1) is 0 Å². The highest BCUT2D eigenvalue weighted by Crippen LogP contribution is 2.25. The molecule has 25 heavy (non-hydrogen) atoms. The van der Waals surface area contributed by atoms with Crippen molar-refractivity contribution in [2.75, 3.05) is 11.9 Å². The molecule has 5 nitrogen and oxygen atoms in total. The standard InChI is InChI=1S/C15H11ClF3NO4S/c16-12-7-9(17)1-6-13(12)24-8-14(21)20-10-2-4-11(5-3-10)25(22,23)15(18)19/h1-7,15H,8H2,(H,20,21). The molecule has 1 amide bonds. The van der Waals surface area contributed by atoms with E-state index in [9.17, 15) is 26.4 Å². The maximum absolute atomic E-state index is 12.9. The van der Waals surface area contributed by atoms with Crippen LogP contribution in [-0.2, 0) is 14.6 Å². The third-order valence-electron chi connectivity index (χ3n) is 2.95. The molecule has 2 rings (SSSR count). The van der Waals surface area contributed by atoms with E-state index in [1.807, 2.05) is 0 Å². The van der Waals surface area contributed by atoms with Gasteiger partial charge in [0.2, 0.25) is 9.84 Å². The molecule has 10 heteroatoms. The van der Waals surface area contributed by atoms with Gasteiger partial charge in [0.05, 0.1) is 9.92 Å². The molecule has 1 N–H and O–H groups in total. The average molecular weight is 394 g/mol. The molecule has 2 aromatic rings. The largest absolute Gasteiger partial charge is 0.482 e. The summed E-state index contributed by atoms with van der Waals surface area (Å²) in [6.07, 6.45) is 0. The molecule has 0 fully saturated rings. The lowest BCUT2D eigenvalue weighted by atomic mass is 10.3. The first-order chi connectivity index (χ1) is 11.7. The highest BCUT2D eigenvalue weighted by atomic mass is 35.5. The number of ether oxygens (including phenoxy) is 1. The molecule has 0 unspecified atom stereocenters. The summed E-state index contributed by atoms with van der Waals surface area (Å²) in [6.45, 7) is -0.442. The zero-order valence-corrected chi connectivity index (χ0v) is 14.0. The Morgan fingerprint density at radius 2 is 1.80 bits per heavy atom. The molecule has 0 aliphatic carbocycles. The first-order valence-corrected chi connectivity index (χ1v) is 8.62. The van der Waals surface area contributed by atoms with Crippen molar-refractivity contribution in [3.8, 4) is 5.75 Å². The van der Waals surface area contributed by atoms with Crippen molar-refractivity contribution in [1.82, 2.24) is 0 Å². The number of hydrogen-bond acceptors (Lipinski definition) is 4. The number of amides is 1. The van der Waals surface area contributed by atoms with Gasteiger partial charge in [0, 0.05) is 5.69 Å². The minimum Gasteiger partial charge on any atom is -0.482 e. The van der Waals surface area contributed by atoms with Crippen molar-refractivity contribution < 1.29 is 31.1 Å². The molecular weight excluding hydrogens is 383 g/mol. The Balaban J connectivity index is 1.97. The van der Waals surface area contributed by atoms with Crippen LogP contribution in [-0.4, -0.2) is 26.7 Å². The van der Waals surface area contributed by atoms with Crippen LogP contribution < -0.4 is 10.1 Å². The van der Waals surface area contributed by atoms with E-state index >= 15 is 0 Å². The fraction of sp³-hybridized carbons (Fsp3) is 0.133. The van der Waals surface area contributed by atoms with Crippen molar-refractivity contribution in [2.24, 2.45) is 0 Å². The SMILES string of the molecule is O=C(COc1ccc(F)cc1Cl)Nc1ccc(S(=O)(=O)C(F)F)cc1. The third-order valence-corrected chi connectivity index (χ3v) is 4.65. The second-order valence-electron chi connectivity index (χ2n) is 4.74. The number of sulfone groups is 1. The molecule has 0 aliphatic rings. The summed E-state index contributed by atoms with van der Waals surface area (Å²) in [5, 5.41) is 2.38. The predicted octanol–water partition coefficient (Wildman–Crippen LogP) is 3.49. The van der Waals surface area contributed by atoms with E-state index in [0.29, 0.717) is 0 Å². The Hall–Kier alpha value is -2.26. The monoisotopic (exact) mass is 393 g/mol. The van der Waals surface area contributed by atoms with Crippen LogP contribution >= 0.6 is 11.6 Å². The van der Waals surface area contributed by atoms with E-state index < -0.39 is 38.8 Å². The van der Waals surface area contributed by atoms with Crippen LogP contribution in [0.4, 0.5) is 18.9 Å². The molecular formula is C15H11ClF3NO4S. The third kappa shape index (κ3) is 4.86. The van der Waals surface area contributed by atoms with E-state index in [-0.39, 0.29) is 16.5 Å². The number of carbonyl (C=O) groups is 1. The van der Waals surface area contributed by atoms with Gasteiger partial charge in [-0.05, 0) is 42.5 Å². The fourth-order valence-corrected chi connectivity index (χ4v) is 2.71. The lowest BCUT2D eigenvalue weighted by Crippen LogP contribution is -2.20. The number of hydrogen-bond donors (Lipinski definition) is 1. The smallest absolute Gasteiger partial charge is 0.341 e. The van der Waals surface area contributed by atoms with Gasteiger partial charge < -0.3 is 10.1 Å². The summed E-state index contributed by atoms with van der Waals surface area (Å²) in [5.74, 6) is -4.58. The molecule has 0 bridgehead atoms. The van der Waals surface area contributed by atoms with Crippen molar-refractivity contribution >= 4 is 33.0 Å². The number of halogens is 4. The van der Waals surface area contributed by atoms with Crippen LogP contribution in [0.2, 0.25) is 5.02 Å². The van der Waals surface area contributed by atoms with Crippen LogP contribution in [0.15, 0.2) is 47.4 Å². The van der Waals surface area contributed by atoms with Crippen molar-refractivity contribution in [1.29, 1.82) is 0 Å². The minimum absolute atomic E-state index is 0.00522. The molecule has 0 saturated carbocycles. The molecule has 0 saturated heterocycles. The van der Waals surface area contributed by atoms with E-state index in [1.54, 1.807) is 0 Å². The van der Waals surface area contributed by atoms with Gasteiger partial charge in [-0.3, -0.25) is 4.79 Å². The Kier molecular flexibility index (Phi) is 5.91. The second kappa shape index (κ2) is 7.75. The molecule has 0 aliphatic heterocycles. The number of carbonyl (C=O) groups excluding carboxylic acids is 1. The number of rotatable bonds is 6. The summed E-state index contributed by atoms with van der Waals surface area (Å²) in [7, 11) is -4.69. The van der Waals surface area contributed by atoms with Crippen LogP contribution in [0.3, 0.4) is 0 Å². The highest BCUT2D eigenvalue weighted by Gasteiger charge is 2.26. The van der Waals surface area contributed by atoms with Crippen LogP contribution in [0.25, 0.3) is 0 Å². The Morgan fingerprint density at radius 1 is 1.16 bits per heavy atom. The Labute approximate surface area is 146 Å². The van der Waals surface area contributed by atoms with Gasteiger partial charge in [-0.2, -0.15) is 8.78 Å². The van der Waals surface area contributed by atoms with Gasteiger partial charge in [-0.1, -0.05) is 11.6 Å². The van der Waals surface area contributed by atoms with Crippen LogP contribution in [0.5, 0.6) is 5.75 Å². The Morgan fingerprint density at radius 3 is 2.36 bits per heavy atom. The molecule has 0 atom stereocenters. The number of alkyl halides is 2. The van der Waals surface area contributed by atoms with Gasteiger partial charge in [0.25, 0.3) is 5.91 Å². The predicted molar refractivity (Wildman–Crippen MR) is 85.2 cm³/mol. The molecule has 0 heterocycles. The summed E-state index contributed by atoms with van der Waals surface area (Å²) < 4.78 is 65.4. The van der Waals surface area contributed by atoms with E-state index in [4.69, 9.17) is 16.3 Å². The average Bonchev–Trinajstić information content (AvgIpc) is 2.54. The maximum Gasteiger partial charge on any atom is 0.341 e. The molecule has 0 radical (unpaired) electrons. The summed E-state index contributed by atoms with van der Waals surface area (Å²) in [5.41, 5.74) is 0.187. The molecule has 2 aromatic carbocycles. The van der Waals surface area contributed by atoms with Crippen LogP contribution in [0.1, 0.15) is 0 Å². The number of anilines is 1. The zero-order chi connectivity index (χ0) is 18.6. The normalized spacial score (nSPS) is 11.4. The minimum atomic E-state index is -4.69. The number of nitrogens with one attached hydrogen (secondary N) is 1. The molecule has 134 valence electrons. The van der Waals surface area contributed by atoms with E-state index in [1.165, 1.54) is 6.07 Å². The van der Waals surface area contributed by atoms with Gasteiger partial charge in [0.15, 0.2) is 6.61 Å². The van der Waals surface area contributed by atoms with Crippen LogP contribution in [0, 0.1) is 5.82 Å². The molecule has 0 spiro atoms. The Bertz CT molecular complexity index is 873. The first kappa shape index (κ1) is 19.1. The summed E-state index contributed by atoms with van der Waals surface area (Å²) in [6, 6.07) is 7.63. The summed E-state index contributed by atoms with van der Waals surface area (Å²) >= 11 is 5.74. The van der Waals surface area contributed by atoms with Gasteiger partial charge in [0.1, 0.15) is 11.6 Å². The quantitative estimate of drug-likeness (QED) is 0.815. The lowest BCUT2D eigenvalue weighted by molar-refractivity contribution is -0.118. The van der Waals surface area contributed by atoms with E-state index in [0.717, 1.165) is 36.4 Å². The van der Waals surface area contributed by atoms with E-state index in [2.05, 4.69) is 5.32 Å². The van der Waals surface area contributed by atoms with Crippen molar-refractivity contribution in [3.63, 3.8) is 0 Å². The topological polar surface area (TPSA) is 72.5 Å².